The van der Waals surface area contributed by atoms with Crippen LogP contribution in [0.25, 0.3) is 0 Å². The van der Waals surface area contributed by atoms with Gasteiger partial charge in [0.15, 0.2) is 51.9 Å². The summed E-state index contributed by atoms with van der Waals surface area (Å²) in [6.07, 6.45) is 11.4. The highest BCUT2D eigenvalue weighted by Crippen LogP contribution is 2.27. The van der Waals surface area contributed by atoms with E-state index in [1.165, 1.54) is 32.7 Å². The number of aromatic nitrogens is 6. The van der Waals surface area contributed by atoms with Gasteiger partial charge in [-0.3, -0.25) is 67.1 Å². The number of nitrogens with zero attached hydrogens (tertiary/aromatic N) is 12. The van der Waals surface area contributed by atoms with E-state index in [4.69, 9.17) is 34.4 Å². The second-order valence-electron chi connectivity index (χ2n) is 25.7. The zero-order valence-electron chi connectivity index (χ0n) is 59.8. The molecule has 3 aromatic rings. The number of nitrogens with two attached hydrogens (primary N) is 6. The number of unbranched alkanes of at least 4 members (excludes halogenated alkanes) is 5. The lowest BCUT2D eigenvalue weighted by Crippen LogP contribution is -2.51. The van der Waals surface area contributed by atoms with Crippen LogP contribution in [0.15, 0.2) is 34.0 Å². The molecule has 11 amide bonds. The van der Waals surface area contributed by atoms with Gasteiger partial charge in [-0.05, 0) is 90.1 Å². The molecule has 3 aromatic heterocycles. The summed E-state index contributed by atoms with van der Waals surface area (Å²) in [4.78, 5) is 216. The number of nitrogens with one attached hydrogen (secondary N) is 7. The molecule has 6 heterocycles. The molecule has 3 aliphatic rings. The van der Waals surface area contributed by atoms with Crippen molar-refractivity contribution in [1.82, 2.24) is 80.6 Å². The van der Waals surface area contributed by atoms with Gasteiger partial charge in [0.1, 0.15) is 49.2 Å². The third-order valence-corrected chi connectivity index (χ3v) is 17.2. The average Bonchev–Trinajstić information content (AvgIpc) is 1.68. The molecule has 0 saturated carbocycles. The molecule has 0 aliphatic carbocycles. The SMILES string of the molecule is CCCCC(=O)NCCCCC(CCC(=O)NC(CCCCN)C(=O)NCCN(CC(=O)NCCN(CC(=O)NCCN(CC(=O)NC(CCCCN)C(N)=O)C(=O)Cn1cnc2c1N=C(N)CC2=O)C(=O)Cn1cnc2c1N=C(N)CC2=O)C(=O)Cn1cnc2c1N=C(N)CC2=O)NC(=O)CCCC. The molecule has 6 rings (SSSR count). The lowest BCUT2D eigenvalue weighted by atomic mass is 10.0. The molecule has 39 nitrogen and oxygen atoms in total. The number of rotatable bonds is 48. The van der Waals surface area contributed by atoms with Crippen LogP contribution in [-0.2, 0) is 72.4 Å². The maximum atomic E-state index is 14.4. The van der Waals surface area contributed by atoms with Crippen LogP contribution in [0.2, 0.25) is 0 Å². The largest absolute Gasteiger partial charge is 0.387 e. The highest BCUT2D eigenvalue weighted by Gasteiger charge is 2.32. The van der Waals surface area contributed by atoms with E-state index in [1.807, 2.05) is 13.8 Å². The van der Waals surface area contributed by atoms with E-state index in [0.29, 0.717) is 83.8 Å². The van der Waals surface area contributed by atoms with Crippen LogP contribution in [0.5, 0.6) is 0 Å². The van der Waals surface area contributed by atoms with Crippen molar-refractivity contribution in [3.63, 3.8) is 0 Å². The van der Waals surface area contributed by atoms with Crippen molar-refractivity contribution in [2.45, 2.75) is 180 Å². The lowest BCUT2D eigenvalue weighted by Gasteiger charge is -2.26. The highest BCUT2D eigenvalue weighted by atomic mass is 16.2. The standard InChI is InChI=1S/C66H101N25O14/c1-3-5-16-50(95)73-22-12-9-13-41(80-51(96)17-6-4-2)18-19-52(97)82-43(15-8-11-21-68)66(105)76-25-28-87(57(102)36-90-39-78-60-45(93)30-48(70)84-64(60)90)33-54(99)74-23-26-86(56(101)35-89-38-77-59-44(92)29-47(69)83-63(59)89)32-53(98)75-24-27-88(34-55(100)81-42(62(72)104)14-7-10-20-67)58(103)37-91-40-79-61-46(94)31-49(71)85-65(61)91/h38-43H,3-37,67-68H2,1-2H3,(H2,69,83)(H2,70,84)(H2,71,85)(H2,72,104)(H,73,95)(H,74,99)(H,75,98)(H,76,105)(H,80,96)(H,81,100)(H,82,97). The summed E-state index contributed by atoms with van der Waals surface area (Å²) in [5.74, 6) is -7.99. The topological polar surface area (TPSA) is 580 Å². The van der Waals surface area contributed by atoms with Crippen molar-refractivity contribution in [2.75, 3.05) is 78.5 Å². The van der Waals surface area contributed by atoms with Gasteiger partial charge in [-0.25, -0.2) is 29.9 Å². The summed E-state index contributed by atoms with van der Waals surface area (Å²) in [5, 5.41) is 19.4. The molecule has 0 aromatic carbocycles. The van der Waals surface area contributed by atoms with E-state index in [1.54, 1.807) is 0 Å². The first-order chi connectivity index (χ1) is 50.3. The van der Waals surface area contributed by atoms with Gasteiger partial charge in [0.05, 0.1) is 57.9 Å². The molecule has 19 N–H and O–H groups in total. The Morgan fingerprint density at radius 1 is 0.438 bits per heavy atom. The number of amidine groups is 3. The second kappa shape index (κ2) is 42.7. The number of primary amides is 1. The molecular weight excluding hydrogens is 1370 g/mol. The Bertz CT molecular complexity index is 3710. The van der Waals surface area contributed by atoms with Crippen LogP contribution in [0.4, 0.5) is 17.5 Å². The number of Topliss-reactive ketones (excluding diaryl/α,β-unsaturated/α-hetero) is 3. The van der Waals surface area contributed by atoms with Crippen LogP contribution in [0.1, 0.15) is 174 Å². The molecule has 0 saturated heterocycles. The van der Waals surface area contributed by atoms with Crippen molar-refractivity contribution in [3.8, 4) is 0 Å². The van der Waals surface area contributed by atoms with E-state index in [0.717, 1.165) is 34.0 Å². The van der Waals surface area contributed by atoms with Gasteiger partial charge < -0.3 is 100 Å². The molecule has 0 bridgehead atoms. The Balaban J connectivity index is 1.15. The second-order valence-corrected chi connectivity index (χ2v) is 25.7. The monoisotopic (exact) mass is 1470 g/mol. The van der Waals surface area contributed by atoms with Crippen LogP contribution < -0.4 is 71.6 Å². The first kappa shape index (κ1) is 83.1. The highest BCUT2D eigenvalue weighted by molar-refractivity contribution is 6.15. The van der Waals surface area contributed by atoms with Gasteiger partial charge in [-0.2, -0.15) is 0 Å². The first-order valence-corrected chi connectivity index (χ1v) is 35.5. The van der Waals surface area contributed by atoms with E-state index >= 15 is 0 Å². The van der Waals surface area contributed by atoms with Crippen LogP contribution in [0, 0.1) is 0 Å². The lowest BCUT2D eigenvalue weighted by molar-refractivity contribution is -0.138. The molecule has 3 aliphatic heterocycles. The van der Waals surface area contributed by atoms with Crippen LogP contribution in [0.3, 0.4) is 0 Å². The number of fused-ring (bicyclic) bond motifs is 3. The fourth-order valence-electron chi connectivity index (χ4n) is 11.5. The van der Waals surface area contributed by atoms with E-state index < -0.39 is 122 Å². The summed E-state index contributed by atoms with van der Waals surface area (Å²) >= 11 is 0. The van der Waals surface area contributed by atoms with Gasteiger partial charge in [0.2, 0.25) is 65.0 Å². The number of hydrogen-bond donors (Lipinski definition) is 13. The molecule has 0 radical (unpaired) electrons. The van der Waals surface area contributed by atoms with E-state index in [-0.39, 0.29) is 154 Å². The third kappa shape index (κ3) is 27.0. The minimum absolute atomic E-state index is 0.00879. The Morgan fingerprint density at radius 2 is 0.819 bits per heavy atom. The van der Waals surface area contributed by atoms with Crippen molar-refractivity contribution >= 4 is 117 Å². The van der Waals surface area contributed by atoms with Crippen LogP contribution in [-0.4, -0.2) is 240 Å². The number of ketones is 3. The molecule has 3 atom stereocenters. The molecule has 105 heavy (non-hydrogen) atoms. The fourth-order valence-corrected chi connectivity index (χ4v) is 11.5. The maximum absolute atomic E-state index is 14.4. The van der Waals surface area contributed by atoms with Gasteiger partial charge in [0, 0.05) is 71.1 Å². The number of amides is 11. The fraction of sp³-hybridized carbons (Fsp3) is 0.606. The third-order valence-electron chi connectivity index (χ3n) is 17.2. The quantitative estimate of drug-likeness (QED) is 0.0249. The maximum Gasteiger partial charge on any atom is 0.243 e. The Kier molecular flexibility index (Phi) is 33.8. The van der Waals surface area contributed by atoms with Crippen molar-refractivity contribution in [2.24, 2.45) is 49.4 Å². The summed E-state index contributed by atoms with van der Waals surface area (Å²) in [6, 6.07) is -2.53. The van der Waals surface area contributed by atoms with E-state index in [2.05, 4.69) is 67.1 Å². The first-order valence-electron chi connectivity index (χ1n) is 35.5. The van der Waals surface area contributed by atoms with Gasteiger partial charge in [0.25, 0.3) is 0 Å². The number of aliphatic imine (C=N–C) groups is 3. The van der Waals surface area contributed by atoms with Gasteiger partial charge in [-0.15, -0.1) is 0 Å². The summed E-state index contributed by atoms with van der Waals surface area (Å²) in [7, 11) is 0. The van der Waals surface area contributed by atoms with E-state index in [9.17, 15) is 67.1 Å². The predicted octanol–water partition coefficient (Wildman–Crippen LogP) is -3.12. The summed E-state index contributed by atoms with van der Waals surface area (Å²) < 4.78 is 3.78. The van der Waals surface area contributed by atoms with Crippen LogP contribution >= 0.6 is 0 Å². The molecule has 3 unspecified atom stereocenters. The van der Waals surface area contributed by atoms with Gasteiger partial charge >= 0.3 is 0 Å². The number of hydrogen-bond acceptors (Lipinski definition) is 25. The molecule has 0 fully saturated rings. The number of imidazole rings is 3. The summed E-state index contributed by atoms with van der Waals surface area (Å²) in [6.45, 7) is -0.411. The van der Waals surface area contributed by atoms with Crippen molar-refractivity contribution in [3.05, 3.63) is 36.1 Å². The van der Waals surface area contributed by atoms with Gasteiger partial charge in [-0.1, -0.05) is 26.7 Å². The Hall–Kier alpha value is -10.9. The molecule has 0 spiro atoms. The minimum atomic E-state index is -1.11. The molecular formula is C66H101N25O14. The smallest absolute Gasteiger partial charge is 0.243 e. The molecule has 39 heteroatoms. The Morgan fingerprint density at radius 3 is 1.25 bits per heavy atom. The Labute approximate surface area is 606 Å². The summed E-state index contributed by atoms with van der Waals surface area (Å²) in [5.41, 5.74) is 34.7. The number of carbonyl (C=O) groups is 14. The predicted molar refractivity (Wildman–Crippen MR) is 382 cm³/mol. The minimum Gasteiger partial charge on any atom is -0.387 e. The van der Waals surface area contributed by atoms with Crippen molar-refractivity contribution in [1.29, 1.82) is 0 Å². The molecule has 574 valence electrons. The van der Waals surface area contributed by atoms with Crippen molar-refractivity contribution < 1.29 is 67.1 Å². The normalized spacial score (nSPS) is 13.8. The zero-order chi connectivity index (χ0) is 76.5. The average molecular weight is 1470 g/mol. The zero-order valence-corrected chi connectivity index (χ0v) is 59.8. The number of carbonyl (C=O) groups excluding carboxylic acids is 14.